The quantitative estimate of drug-likeness (QED) is 0.819. The normalized spacial score (nSPS) is 14.5. The average molecular weight is 256 g/mol. The zero-order valence-electron chi connectivity index (χ0n) is 11.9. The summed E-state index contributed by atoms with van der Waals surface area (Å²) in [4.78, 5) is 13.1. The first-order chi connectivity index (χ1) is 8.17. The monoisotopic (exact) mass is 256 g/mol. The molecule has 0 aromatic carbocycles. The maximum absolute atomic E-state index is 11.8. The summed E-state index contributed by atoms with van der Waals surface area (Å²) in [5, 5.41) is 18.2. The van der Waals surface area contributed by atoms with Crippen molar-refractivity contribution in [3.8, 4) is 6.07 Å². The molecule has 1 N–H and O–H groups in total. The fourth-order valence-corrected chi connectivity index (χ4v) is 1.41. The van der Waals surface area contributed by atoms with E-state index in [-0.39, 0.29) is 6.10 Å². The van der Waals surface area contributed by atoms with E-state index in [2.05, 4.69) is 6.07 Å². The van der Waals surface area contributed by atoms with Crippen LogP contribution in [0.4, 0.5) is 4.79 Å². The number of nitrogens with zero attached hydrogens (tertiary/aromatic N) is 2. The molecule has 0 saturated heterocycles. The van der Waals surface area contributed by atoms with Gasteiger partial charge in [0.1, 0.15) is 11.6 Å². The third-order valence-electron chi connectivity index (χ3n) is 2.40. The lowest BCUT2D eigenvalue weighted by Crippen LogP contribution is -2.40. The van der Waals surface area contributed by atoms with Crippen molar-refractivity contribution in [1.82, 2.24) is 4.90 Å². The minimum absolute atomic E-state index is 0.379. The van der Waals surface area contributed by atoms with Crippen molar-refractivity contribution in [3.05, 3.63) is 0 Å². The van der Waals surface area contributed by atoms with Crippen LogP contribution in [0, 0.1) is 11.3 Å². The van der Waals surface area contributed by atoms with Gasteiger partial charge in [-0.15, -0.1) is 0 Å². The zero-order valence-corrected chi connectivity index (χ0v) is 11.9. The molecule has 0 spiro atoms. The summed E-state index contributed by atoms with van der Waals surface area (Å²) in [6, 6.07) is 1.57. The van der Waals surface area contributed by atoms with Crippen molar-refractivity contribution in [1.29, 1.82) is 5.26 Å². The lowest BCUT2D eigenvalue weighted by Gasteiger charge is -2.27. The van der Waals surface area contributed by atoms with Crippen LogP contribution in [0.3, 0.4) is 0 Å². The lowest BCUT2D eigenvalue weighted by molar-refractivity contribution is 0.0252. The predicted octanol–water partition coefficient (Wildman–Crippen LogP) is 2.30. The SMILES string of the molecule is C[C@H](O)CCC[C@H](C#N)N(C)C(=O)OC(C)(C)C. The zero-order chi connectivity index (χ0) is 14.3. The fraction of sp³-hybridized carbons (Fsp3) is 0.846. The largest absolute Gasteiger partial charge is 0.444 e. The van der Waals surface area contributed by atoms with E-state index in [1.54, 1.807) is 34.7 Å². The molecule has 0 saturated carbocycles. The van der Waals surface area contributed by atoms with Gasteiger partial charge in [-0.05, 0) is 47.0 Å². The molecule has 5 nitrogen and oxygen atoms in total. The predicted molar refractivity (Wildman–Crippen MR) is 68.9 cm³/mol. The Hall–Kier alpha value is -1.28. The number of ether oxygens (including phenoxy) is 1. The molecule has 18 heavy (non-hydrogen) atoms. The summed E-state index contributed by atoms with van der Waals surface area (Å²) in [7, 11) is 1.56. The molecule has 0 aliphatic carbocycles. The fourth-order valence-electron chi connectivity index (χ4n) is 1.41. The number of nitriles is 1. The van der Waals surface area contributed by atoms with E-state index in [4.69, 9.17) is 15.1 Å². The Balaban J connectivity index is 4.30. The molecule has 0 radical (unpaired) electrons. The molecule has 0 aliphatic heterocycles. The first-order valence-electron chi connectivity index (χ1n) is 6.21. The Morgan fingerprint density at radius 3 is 2.39 bits per heavy atom. The second kappa shape index (κ2) is 7.22. The molecule has 0 aromatic heterocycles. The molecule has 0 aliphatic rings. The van der Waals surface area contributed by atoms with Crippen molar-refractivity contribution >= 4 is 6.09 Å². The standard InChI is InChI=1S/C13H24N2O3/c1-10(16)7-6-8-11(9-14)15(5)12(17)18-13(2,3)4/h10-11,16H,6-8H2,1-5H3/t10-,11+/m0/s1. The molecular formula is C13H24N2O3. The summed E-state index contributed by atoms with van der Waals surface area (Å²) in [5.74, 6) is 0. The molecule has 0 fully saturated rings. The van der Waals surface area contributed by atoms with Gasteiger partial charge >= 0.3 is 6.09 Å². The van der Waals surface area contributed by atoms with E-state index < -0.39 is 17.7 Å². The third-order valence-corrected chi connectivity index (χ3v) is 2.40. The Morgan fingerprint density at radius 2 is 2.00 bits per heavy atom. The highest BCUT2D eigenvalue weighted by molar-refractivity contribution is 5.68. The van der Waals surface area contributed by atoms with Crippen LogP contribution in [-0.4, -0.2) is 40.9 Å². The van der Waals surface area contributed by atoms with Crippen LogP contribution in [0.1, 0.15) is 47.0 Å². The van der Waals surface area contributed by atoms with E-state index in [1.807, 2.05) is 0 Å². The van der Waals surface area contributed by atoms with Crippen LogP contribution in [0.5, 0.6) is 0 Å². The van der Waals surface area contributed by atoms with Crippen molar-refractivity contribution < 1.29 is 14.6 Å². The van der Waals surface area contributed by atoms with Crippen LogP contribution >= 0.6 is 0 Å². The van der Waals surface area contributed by atoms with Gasteiger partial charge in [0.2, 0.25) is 0 Å². The highest BCUT2D eigenvalue weighted by Crippen LogP contribution is 2.13. The number of hydrogen-bond donors (Lipinski definition) is 1. The van der Waals surface area contributed by atoms with Gasteiger partial charge in [0, 0.05) is 7.05 Å². The Morgan fingerprint density at radius 1 is 1.44 bits per heavy atom. The third kappa shape index (κ3) is 7.13. The van der Waals surface area contributed by atoms with Gasteiger partial charge in [0.15, 0.2) is 0 Å². The Labute approximate surface area is 109 Å². The van der Waals surface area contributed by atoms with Gasteiger partial charge in [0.25, 0.3) is 0 Å². The highest BCUT2D eigenvalue weighted by atomic mass is 16.6. The van der Waals surface area contributed by atoms with Gasteiger partial charge in [0.05, 0.1) is 12.2 Å². The molecule has 5 heteroatoms. The van der Waals surface area contributed by atoms with Crippen molar-refractivity contribution in [2.24, 2.45) is 0 Å². The maximum Gasteiger partial charge on any atom is 0.411 e. The number of hydrogen-bond acceptors (Lipinski definition) is 4. The van der Waals surface area contributed by atoms with Crippen LogP contribution in [0.25, 0.3) is 0 Å². The van der Waals surface area contributed by atoms with E-state index >= 15 is 0 Å². The minimum Gasteiger partial charge on any atom is -0.444 e. The van der Waals surface area contributed by atoms with Crippen molar-refractivity contribution in [3.63, 3.8) is 0 Å². The summed E-state index contributed by atoms with van der Waals surface area (Å²) in [5.41, 5.74) is -0.565. The second-order valence-electron chi connectivity index (χ2n) is 5.52. The summed E-state index contributed by atoms with van der Waals surface area (Å²) in [6.45, 7) is 7.06. The highest BCUT2D eigenvalue weighted by Gasteiger charge is 2.24. The van der Waals surface area contributed by atoms with Crippen molar-refractivity contribution in [2.45, 2.75) is 64.7 Å². The lowest BCUT2D eigenvalue weighted by atomic mass is 10.1. The molecule has 1 amide bonds. The van der Waals surface area contributed by atoms with E-state index in [0.717, 1.165) is 0 Å². The smallest absolute Gasteiger partial charge is 0.411 e. The minimum atomic E-state index is -0.565. The number of amides is 1. The van der Waals surface area contributed by atoms with E-state index in [9.17, 15) is 4.79 Å². The summed E-state index contributed by atoms with van der Waals surface area (Å²) in [6.07, 6.45) is 0.989. The van der Waals surface area contributed by atoms with Crippen LogP contribution in [-0.2, 0) is 4.74 Å². The molecule has 0 heterocycles. The molecule has 104 valence electrons. The van der Waals surface area contributed by atoms with Crippen LogP contribution in [0.15, 0.2) is 0 Å². The molecule has 0 aromatic rings. The molecule has 0 rings (SSSR count). The Kier molecular flexibility index (Phi) is 6.71. The number of rotatable bonds is 5. The average Bonchev–Trinajstić information content (AvgIpc) is 2.20. The Bertz CT molecular complexity index is 302. The first-order valence-corrected chi connectivity index (χ1v) is 6.21. The van der Waals surface area contributed by atoms with E-state index in [1.165, 1.54) is 4.90 Å². The molecule has 2 atom stereocenters. The topological polar surface area (TPSA) is 73.6 Å². The van der Waals surface area contributed by atoms with Gasteiger partial charge in [-0.1, -0.05) is 0 Å². The number of aliphatic hydroxyl groups is 1. The van der Waals surface area contributed by atoms with Gasteiger partial charge in [-0.2, -0.15) is 5.26 Å². The van der Waals surface area contributed by atoms with Gasteiger partial charge in [-0.25, -0.2) is 4.79 Å². The van der Waals surface area contributed by atoms with Crippen LogP contribution in [0.2, 0.25) is 0 Å². The second-order valence-corrected chi connectivity index (χ2v) is 5.52. The van der Waals surface area contributed by atoms with Crippen LogP contribution < -0.4 is 0 Å². The molecule has 0 unspecified atom stereocenters. The summed E-state index contributed by atoms with van der Waals surface area (Å²) >= 11 is 0. The maximum atomic E-state index is 11.8. The number of aliphatic hydroxyl groups excluding tert-OH is 1. The first kappa shape index (κ1) is 16.7. The van der Waals surface area contributed by atoms with Crippen molar-refractivity contribution in [2.75, 3.05) is 7.05 Å². The van der Waals surface area contributed by atoms with Gasteiger partial charge < -0.3 is 9.84 Å². The molecular weight excluding hydrogens is 232 g/mol. The molecule has 0 bridgehead atoms. The number of carbonyl (C=O) groups is 1. The number of carbonyl (C=O) groups excluding carboxylic acids is 1. The summed E-state index contributed by atoms with van der Waals surface area (Å²) < 4.78 is 5.20. The van der Waals surface area contributed by atoms with Gasteiger partial charge in [-0.3, -0.25) is 4.90 Å². The van der Waals surface area contributed by atoms with E-state index in [0.29, 0.717) is 19.3 Å².